The van der Waals surface area contributed by atoms with Crippen molar-refractivity contribution < 1.29 is 28.6 Å². The predicted octanol–water partition coefficient (Wildman–Crippen LogP) is 0.919. The van der Waals surface area contributed by atoms with E-state index in [1.54, 1.807) is 18.2 Å². The van der Waals surface area contributed by atoms with Crippen LogP contribution in [0.4, 0.5) is 5.69 Å². The Balaban J connectivity index is 2.37. The number of methoxy groups -OCH3 is 2. The van der Waals surface area contributed by atoms with Crippen LogP contribution in [-0.4, -0.2) is 38.5 Å². The number of anilines is 1. The molecule has 9 nitrogen and oxygen atoms in total. The number of amides is 3. The van der Waals surface area contributed by atoms with E-state index in [0.717, 1.165) is 0 Å². The van der Waals surface area contributed by atoms with Crippen LogP contribution in [-0.2, 0) is 4.79 Å². The van der Waals surface area contributed by atoms with Crippen LogP contribution in [0.2, 0.25) is 0 Å². The Bertz CT molecular complexity index is 856. The molecule has 5 N–H and O–H groups in total. The molecule has 0 fully saturated rings. The normalized spacial score (nSPS) is 10.0. The lowest BCUT2D eigenvalue weighted by Crippen LogP contribution is -2.21. The first-order valence-corrected chi connectivity index (χ1v) is 7.74. The summed E-state index contributed by atoms with van der Waals surface area (Å²) in [6, 6.07) is 9.15. The van der Waals surface area contributed by atoms with Gasteiger partial charge in [-0.2, -0.15) is 0 Å². The van der Waals surface area contributed by atoms with Gasteiger partial charge in [0.15, 0.2) is 18.1 Å². The van der Waals surface area contributed by atoms with Crippen molar-refractivity contribution in [3.8, 4) is 17.2 Å². The molecule has 9 heteroatoms. The molecule has 3 amide bonds. The Morgan fingerprint density at radius 1 is 1.00 bits per heavy atom. The number of primary amides is 2. The maximum Gasteiger partial charge on any atom is 0.255 e. The summed E-state index contributed by atoms with van der Waals surface area (Å²) in [5, 5.41) is 2.61. The maximum absolute atomic E-state index is 12.6. The molecule has 2 aromatic rings. The number of carbonyl (C=O) groups excluding carboxylic acids is 3. The summed E-state index contributed by atoms with van der Waals surface area (Å²) in [4.78, 5) is 35.1. The number of nitrogens with one attached hydrogen (secondary N) is 1. The molecule has 0 bridgehead atoms. The van der Waals surface area contributed by atoms with Crippen molar-refractivity contribution in [2.75, 3.05) is 26.1 Å². The van der Waals surface area contributed by atoms with Crippen LogP contribution in [0.25, 0.3) is 0 Å². The van der Waals surface area contributed by atoms with Crippen LogP contribution in [0, 0.1) is 0 Å². The van der Waals surface area contributed by atoms with Crippen molar-refractivity contribution in [2.45, 2.75) is 0 Å². The van der Waals surface area contributed by atoms with Crippen LogP contribution in [0.15, 0.2) is 36.4 Å². The monoisotopic (exact) mass is 373 g/mol. The summed E-state index contributed by atoms with van der Waals surface area (Å²) in [7, 11) is 2.74. The second-order valence-corrected chi connectivity index (χ2v) is 5.33. The molecule has 27 heavy (non-hydrogen) atoms. The Labute approximate surface area is 155 Å². The van der Waals surface area contributed by atoms with Gasteiger partial charge in [0.1, 0.15) is 0 Å². The van der Waals surface area contributed by atoms with Crippen LogP contribution >= 0.6 is 0 Å². The molecule has 0 spiro atoms. The molecule has 142 valence electrons. The van der Waals surface area contributed by atoms with E-state index < -0.39 is 17.7 Å². The van der Waals surface area contributed by atoms with Gasteiger partial charge in [-0.3, -0.25) is 14.4 Å². The average molecular weight is 373 g/mol. The lowest BCUT2D eigenvalue weighted by Gasteiger charge is -2.15. The zero-order valence-corrected chi connectivity index (χ0v) is 14.8. The van der Waals surface area contributed by atoms with Gasteiger partial charge < -0.3 is 31.0 Å². The van der Waals surface area contributed by atoms with Gasteiger partial charge in [-0.25, -0.2) is 0 Å². The van der Waals surface area contributed by atoms with E-state index >= 15 is 0 Å². The highest BCUT2D eigenvalue weighted by molar-refractivity contribution is 6.09. The minimum atomic E-state index is -0.677. The van der Waals surface area contributed by atoms with Gasteiger partial charge >= 0.3 is 0 Å². The lowest BCUT2D eigenvalue weighted by molar-refractivity contribution is -0.120. The molecule has 0 aromatic heterocycles. The molecule has 2 rings (SSSR count). The fraction of sp³-hybridized carbons (Fsp3) is 0.167. The summed E-state index contributed by atoms with van der Waals surface area (Å²) in [6.45, 7) is -0.385. The van der Waals surface area contributed by atoms with Crippen LogP contribution < -0.4 is 31.0 Å². The maximum atomic E-state index is 12.6. The third kappa shape index (κ3) is 4.66. The van der Waals surface area contributed by atoms with Crippen molar-refractivity contribution in [3.63, 3.8) is 0 Å². The number of ether oxygens (including phenoxy) is 3. The molecule has 0 unspecified atom stereocenters. The van der Waals surface area contributed by atoms with Gasteiger partial charge in [0, 0.05) is 5.56 Å². The van der Waals surface area contributed by atoms with Crippen LogP contribution in [0.1, 0.15) is 20.7 Å². The first-order valence-electron chi connectivity index (χ1n) is 7.74. The molecule has 0 heterocycles. The third-order valence-corrected chi connectivity index (χ3v) is 3.52. The summed E-state index contributed by atoms with van der Waals surface area (Å²) in [6.07, 6.45) is 0. The fourth-order valence-electron chi connectivity index (χ4n) is 2.30. The van der Waals surface area contributed by atoms with Crippen LogP contribution in [0.5, 0.6) is 17.2 Å². The molecule has 0 atom stereocenters. The number of para-hydroxylation sites is 1. The van der Waals surface area contributed by atoms with Crippen molar-refractivity contribution >= 4 is 23.4 Å². The molecule has 0 aliphatic carbocycles. The predicted molar refractivity (Wildman–Crippen MR) is 97.1 cm³/mol. The van der Waals surface area contributed by atoms with Crippen molar-refractivity contribution in [1.29, 1.82) is 0 Å². The second-order valence-electron chi connectivity index (χ2n) is 5.33. The largest absolute Gasteiger partial charge is 0.493 e. The van der Waals surface area contributed by atoms with Gasteiger partial charge in [-0.15, -0.1) is 0 Å². The fourth-order valence-corrected chi connectivity index (χ4v) is 2.30. The Hall–Kier alpha value is -3.75. The van der Waals surface area contributed by atoms with Gasteiger partial charge in [-0.05, 0) is 24.3 Å². The summed E-state index contributed by atoms with van der Waals surface area (Å²) < 4.78 is 15.7. The molecule has 2 aromatic carbocycles. The SMILES string of the molecule is COc1cc(C(=O)Nc2ccccc2C(N)=O)cc(OC)c1OCC(N)=O. The molecule has 0 aliphatic rings. The molecule has 0 saturated heterocycles. The molecule has 0 aliphatic heterocycles. The number of benzene rings is 2. The van der Waals surface area contributed by atoms with E-state index in [4.69, 9.17) is 25.7 Å². The first-order chi connectivity index (χ1) is 12.9. The van der Waals surface area contributed by atoms with Gasteiger partial charge in [-0.1, -0.05) is 12.1 Å². The number of hydrogen-bond donors (Lipinski definition) is 3. The third-order valence-electron chi connectivity index (χ3n) is 3.52. The van der Waals surface area contributed by atoms with Crippen LogP contribution in [0.3, 0.4) is 0 Å². The Kier molecular flexibility index (Phi) is 6.21. The zero-order chi connectivity index (χ0) is 20.0. The van der Waals surface area contributed by atoms with Gasteiger partial charge in [0.2, 0.25) is 5.75 Å². The molecule has 0 radical (unpaired) electrons. The highest BCUT2D eigenvalue weighted by Gasteiger charge is 2.19. The number of carbonyl (C=O) groups is 3. The van der Waals surface area contributed by atoms with E-state index in [2.05, 4.69) is 5.32 Å². The standard InChI is InChI=1S/C18H19N3O6/c1-25-13-7-10(8-14(26-2)16(13)27-9-15(19)22)18(24)21-12-6-4-3-5-11(12)17(20)23/h3-8H,9H2,1-2H3,(H2,19,22)(H2,20,23)(H,21,24). The summed E-state index contributed by atoms with van der Waals surface area (Å²) in [5.41, 5.74) is 11.0. The number of rotatable bonds is 8. The first kappa shape index (κ1) is 19.6. The van der Waals surface area contributed by atoms with Crippen molar-refractivity contribution in [2.24, 2.45) is 11.5 Å². The Morgan fingerprint density at radius 3 is 2.11 bits per heavy atom. The highest BCUT2D eigenvalue weighted by atomic mass is 16.5. The van der Waals surface area contributed by atoms with E-state index in [1.807, 2.05) is 0 Å². The van der Waals surface area contributed by atoms with E-state index in [0.29, 0.717) is 0 Å². The van der Waals surface area contributed by atoms with Crippen molar-refractivity contribution in [1.82, 2.24) is 0 Å². The van der Waals surface area contributed by atoms with Gasteiger partial charge in [0.05, 0.1) is 25.5 Å². The van der Waals surface area contributed by atoms with E-state index in [9.17, 15) is 14.4 Å². The lowest BCUT2D eigenvalue weighted by atomic mass is 10.1. The summed E-state index contributed by atoms with van der Waals surface area (Å²) in [5.74, 6) is -1.40. The minimum absolute atomic E-state index is 0.132. The highest BCUT2D eigenvalue weighted by Crippen LogP contribution is 2.38. The molecular weight excluding hydrogens is 354 g/mol. The molecule has 0 saturated carbocycles. The number of hydrogen-bond acceptors (Lipinski definition) is 6. The summed E-state index contributed by atoms with van der Waals surface area (Å²) >= 11 is 0. The zero-order valence-electron chi connectivity index (χ0n) is 14.8. The van der Waals surface area contributed by atoms with Crippen molar-refractivity contribution in [3.05, 3.63) is 47.5 Å². The van der Waals surface area contributed by atoms with E-state index in [1.165, 1.54) is 32.4 Å². The topological polar surface area (TPSA) is 143 Å². The smallest absolute Gasteiger partial charge is 0.255 e. The molecular formula is C18H19N3O6. The average Bonchev–Trinajstić information content (AvgIpc) is 2.65. The second kappa shape index (κ2) is 8.56. The van der Waals surface area contributed by atoms with Gasteiger partial charge in [0.25, 0.3) is 17.7 Å². The minimum Gasteiger partial charge on any atom is -0.493 e. The Morgan fingerprint density at radius 2 is 1.59 bits per heavy atom. The number of nitrogens with two attached hydrogens (primary N) is 2. The quantitative estimate of drug-likeness (QED) is 0.628. The van der Waals surface area contributed by atoms with E-state index in [-0.39, 0.29) is 40.7 Å².